The van der Waals surface area contributed by atoms with E-state index in [9.17, 15) is 19.2 Å². The number of carboxylic acids is 2. The summed E-state index contributed by atoms with van der Waals surface area (Å²) in [5, 5.41) is 16.5. The fraction of sp³-hybridized carbons (Fsp3) is 0.333. The maximum absolute atomic E-state index is 10.7. The quantitative estimate of drug-likeness (QED) is 0.357. The Labute approximate surface area is 94.4 Å². The van der Waals surface area contributed by atoms with Crippen LogP contribution in [0.2, 0.25) is 0 Å². The molecule has 8 nitrogen and oxygen atoms in total. The second-order valence-electron chi connectivity index (χ2n) is 3.12. The minimum absolute atomic E-state index is 0.00194. The van der Waals surface area contributed by atoms with E-state index in [2.05, 4.69) is 9.47 Å². The maximum Gasteiger partial charge on any atom is 0.417 e. The van der Waals surface area contributed by atoms with Gasteiger partial charge in [-0.2, -0.15) is 0 Å². The molecule has 0 amide bonds. The molecule has 0 fully saturated rings. The van der Waals surface area contributed by atoms with E-state index in [1.54, 1.807) is 0 Å². The monoisotopic (exact) mass is 244 g/mol. The van der Waals surface area contributed by atoms with Crippen molar-refractivity contribution in [1.29, 1.82) is 0 Å². The summed E-state index contributed by atoms with van der Waals surface area (Å²) in [5.41, 5.74) is 0. The van der Waals surface area contributed by atoms with Gasteiger partial charge in [-0.3, -0.25) is 0 Å². The van der Waals surface area contributed by atoms with E-state index < -0.39 is 36.1 Å². The molecule has 1 rings (SSSR count). The zero-order chi connectivity index (χ0) is 13.0. The third-order valence-electron chi connectivity index (χ3n) is 1.87. The number of carbonyl (C=O) groups excluding carboxylic acids is 2. The lowest BCUT2D eigenvalue weighted by Gasteiger charge is -2.11. The minimum Gasteiger partial charge on any atom is -0.473 e. The van der Waals surface area contributed by atoms with Gasteiger partial charge in [0.25, 0.3) is 0 Å². The first kappa shape index (κ1) is 12.7. The molecular formula is C9H8O8. The van der Waals surface area contributed by atoms with E-state index >= 15 is 0 Å². The Bertz CT molecular complexity index is 360. The lowest BCUT2D eigenvalue weighted by atomic mass is 10.3. The molecule has 0 aromatic heterocycles. The Hall–Kier alpha value is -2.38. The second kappa shape index (κ2) is 5.10. The first-order valence-electron chi connectivity index (χ1n) is 4.46. The lowest BCUT2D eigenvalue weighted by Crippen LogP contribution is -2.26. The van der Waals surface area contributed by atoms with Crippen LogP contribution in [0, 0.1) is 0 Å². The zero-order valence-electron chi connectivity index (χ0n) is 8.36. The van der Waals surface area contributed by atoms with Crippen LogP contribution in [0.4, 0.5) is 0 Å². The smallest absolute Gasteiger partial charge is 0.417 e. The van der Waals surface area contributed by atoms with Crippen LogP contribution in [0.15, 0.2) is 12.2 Å². The molecule has 0 spiro atoms. The average molecular weight is 244 g/mol. The van der Waals surface area contributed by atoms with Crippen LogP contribution < -0.4 is 0 Å². The maximum atomic E-state index is 10.7. The molecule has 2 atom stereocenters. The molecule has 1 aliphatic carbocycles. The van der Waals surface area contributed by atoms with Crippen LogP contribution in [0.25, 0.3) is 0 Å². The van der Waals surface area contributed by atoms with Gasteiger partial charge in [-0.1, -0.05) is 0 Å². The Morgan fingerprint density at radius 2 is 1.24 bits per heavy atom. The van der Waals surface area contributed by atoms with E-state index in [-0.39, 0.29) is 6.42 Å². The van der Waals surface area contributed by atoms with Gasteiger partial charge in [0.2, 0.25) is 0 Å². The fourth-order valence-corrected chi connectivity index (χ4v) is 1.18. The Kier molecular flexibility index (Phi) is 3.81. The van der Waals surface area contributed by atoms with Crippen molar-refractivity contribution in [1.82, 2.24) is 0 Å². The summed E-state index contributed by atoms with van der Waals surface area (Å²) < 4.78 is 8.96. The highest BCUT2D eigenvalue weighted by molar-refractivity contribution is 6.29. The largest absolute Gasteiger partial charge is 0.473 e. The number of esters is 2. The van der Waals surface area contributed by atoms with Crippen molar-refractivity contribution >= 4 is 23.9 Å². The highest BCUT2D eigenvalue weighted by atomic mass is 16.6. The predicted molar refractivity (Wildman–Crippen MR) is 48.8 cm³/mol. The average Bonchev–Trinajstić information content (AvgIpc) is 2.65. The third-order valence-corrected chi connectivity index (χ3v) is 1.87. The second-order valence-corrected chi connectivity index (χ2v) is 3.12. The van der Waals surface area contributed by atoms with Crippen LogP contribution >= 0.6 is 0 Å². The Morgan fingerprint density at radius 1 is 0.882 bits per heavy atom. The van der Waals surface area contributed by atoms with Crippen LogP contribution in [0.5, 0.6) is 0 Å². The molecule has 92 valence electrons. The van der Waals surface area contributed by atoms with Crippen molar-refractivity contribution in [3.63, 3.8) is 0 Å². The lowest BCUT2D eigenvalue weighted by molar-refractivity contribution is -0.168. The molecule has 1 aliphatic rings. The van der Waals surface area contributed by atoms with Crippen molar-refractivity contribution in [3.8, 4) is 0 Å². The molecule has 2 N–H and O–H groups in total. The molecule has 0 aliphatic heterocycles. The molecule has 0 saturated carbocycles. The first-order valence-corrected chi connectivity index (χ1v) is 4.46. The third kappa shape index (κ3) is 3.59. The van der Waals surface area contributed by atoms with Gasteiger partial charge in [-0.25, -0.2) is 19.2 Å². The standard InChI is InChI=1S/C9H8O8/c10-6(11)8(14)16-4-1-2-5(3-4)17-9(15)7(12)13/h1-2,4-5H,3H2,(H,10,11)(H,12,13). The van der Waals surface area contributed by atoms with Gasteiger partial charge >= 0.3 is 23.9 Å². The van der Waals surface area contributed by atoms with Gasteiger partial charge in [0, 0.05) is 6.42 Å². The van der Waals surface area contributed by atoms with Crippen molar-refractivity contribution in [2.75, 3.05) is 0 Å². The molecule has 0 aromatic rings. The van der Waals surface area contributed by atoms with E-state index in [0.717, 1.165) is 0 Å². The first-order chi connectivity index (χ1) is 7.90. The number of aliphatic carboxylic acids is 2. The number of hydrogen-bond donors (Lipinski definition) is 2. The number of ether oxygens (including phenoxy) is 2. The Morgan fingerprint density at radius 3 is 1.53 bits per heavy atom. The molecule has 0 aromatic carbocycles. The van der Waals surface area contributed by atoms with Gasteiger partial charge in [0.15, 0.2) is 0 Å². The molecule has 17 heavy (non-hydrogen) atoms. The van der Waals surface area contributed by atoms with Gasteiger partial charge in [0.1, 0.15) is 12.2 Å². The summed E-state index contributed by atoms with van der Waals surface area (Å²) in [6.07, 6.45) is 0.953. The number of hydrogen-bond acceptors (Lipinski definition) is 6. The van der Waals surface area contributed by atoms with E-state index in [0.29, 0.717) is 0 Å². The summed E-state index contributed by atoms with van der Waals surface area (Å²) in [4.78, 5) is 41.7. The summed E-state index contributed by atoms with van der Waals surface area (Å²) in [6.45, 7) is 0. The van der Waals surface area contributed by atoms with Gasteiger partial charge in [-0.05, 0) is 12.2 Å². The summed E-state index contributed by atoms with van der Waals surface area (Å²) in [7, 11) is 0. The fourth-order valence-electron chi connectivity index (χ4n) is 1.18. The summed E-state index contributed by atoms with van der Waals surface area (Å²) >= 11 is 0. The molecule has 2 unspecified atom stereocenters. The molecule has 8 heteroatoms. The van der Waals surface area contributed by atoms with Crippen LogP contribution in [-0.2, 0) is 28.7 Å². The molecular weight excluding hydrogens is 236 g/mol. The van der Waals surface area contributed by atoms with Crippen molar-refractivity contribution in [2.24, 2.45) is 0 Å². The van der Waals surface area contributed by atoms with E-state index in [4.69, 9.17) is 10.2 Å². The molecule has 0 heterocycles. The van der Waals surface area contributed by atoms with Crippen molar-refractivity contribution < 1.29 is 38.9 Å². The molecule has 0 saturated heterocycles. The zero-order valence-corrected chi connectivity index (χ0v) is 8.36. The SMILES string of the molecule is O=C(O)C(=O)OC1C=CC(OC(=O)C(=O)O)C1. The van der Waals surface area contributed by atoms with E-state index in [1.165, 1.54) is 12.2 Å². The predicted octanol–water partition coefficient (Wildman–Crippen LogP) is -1.06. The van der Waals surface area contributed by atoms with E-state index in [1.807, 2.05) is 0 Å². The normalized spacial score (nSPS) is 21.9. The Balaban J connectivity index is 2.41. The topological polar surface area (TPSA) is 127 Å². The summed E-state index contributed by atoms with van der Waals surface area (Å²) in [5.74, 6) is -6.32. The van der Waals surface area contributed by atoms with Crippen molar-refractivity contribution in [2.45, 2.75) is 18.6 Å². The molecule has 0 bridgehead atoms. The van der Waals surface area contributed by atoms with Gasteiger partial charge in [0.05, 0.1) is 0 Å². The molecule has 0 radical (unpaired) electrons. The number of carboxylic acid groups (broad SMARTS) is 2. The number of carbonyl (C=O) groups is 4. The minimum atomic E-state index is -1.73. The highest BCUT2D eigenvalue weighted by Crippen LogP contribution is 2.17. The summed E-state index contributed by atoms with van der Waals surface area (Å²) in [6, 6.07) is 0. The van der Waals surface area contributed by atoms with Crippen LogP contribution in [0.3, 0.4) is 0 Å². The van der Waals surface area contributed by atoms with Gasteiger partial charge < -0.3 is 19.7 Å². The number of rotatable bonds is 2. The van der Waals surface area contributed by atoms with Crippen LogP contribution in [0.1, 0.15) is 6.42 Å². The van der Waals surface area contributed by atoms with Crippen molar-refractivity contribution in [3.05, 3.63) is 12.2 Å². The highest BCUT2D eigenvalue weighted by Gasteiger charge is 2.28. The van der Waals surface area contributed by atoms with Gasteiger partial charge in [-0.15, -0.1) is 0 Å². The van der Waals surface area contributed by atoms with Crippen LogP contribution in [-0.4, -0.2) is 46.3 Å².